The Hall–Kier alpha value is -2.69. The minimum absolute atomic E-state index is 0.0465. The van der Waals surface area contributed by atoms with Crippen molar-refractivity contribution in [3.63, 3.8) is 0 Å². The molecule has 3 aliphatic rings. The van der Waals surface area contributed by atoms with Crippen LogP contribution in [-0.2, 0) is 30.8 Å². The molecule has 4 heterocycles. The Bertz CT molecular complexity index is 1220. The van der Waals surface area contributed by atoms with Crippen LogP contribution in [0, 0.1) is 5.92 Å². The minimum atomic E-state index is -2.95. The van der Waals surface area contributed by atoms with E-state index in [4.69, 9.17) is 9.57 Å². The standard InChI is InChI=1S/C23H31N5O5S/c1-3-28-21-18(14-25-28)20(26-16-6-10-34(30,31)11-7-16)17(13-24-21)19-12-23(33-27-19)8-4-15(5-9-23)22(29)32-2/h13-16H,3-12H2,1-2H3,(H,24,26). The molecule has 0 unspecified atom stereocenters. The number of sulfone groups is 1. The van der Waals surface area contributed by atoms with E-state index in [9.17, 15) is 13.2 Å². The van der Waals surface area contributed by atoms with E-state index in [0.717, 1.165) is 53.7 Å². The Kier molecular flexibility index (Phi) is 5.99. The number of aryl methyl sites for hydroxylation is 1. The molecule has 1 spiro atoms. The zero-order valence-electron chi connectivity index (χ0n) is 19.6. The summed E-state index contributed by atoms with van der Waals surface area (Å²) in [7, 11) is -1.52. The first-order valence-electron chi connectivity index (χ1n) is 12.0. The number of oxime groups is 1. The minimum Gasteiger partial charge on any atom is -0.469 e. The molecule has 184 valence electrons. The Balaban J connectivity index is 1.41. The zero-order chi connectivity index (χ0) is 23.9. The van der Waals surface area contributed by atoms with Crippen LogP contribution < -0.4 is 5.32 Å². The van der Waals surface area contributed by atoms with Gasteiger partial charge in [0.25, 0.3) is 0 Å². The molecule has 34 heavy (non-hydrogen) atoms. The van der Waals surface area contributed by atoms with Crippen LogP contribution in [0.5, 0.6) is 0 Å². The number of rotatable bonds is 5. The Morgan fingerprint density at radius 3 is 2.65 bits per heavy atom. The van der Waals surface area contributed by atoms with E-state index < -0.39 is 15.4 Å². The number of carbonyl (C=O) groups excluding carboxylic acids is 1. The van der Waals surface area contributed by atoms with Gasteiger partial charge in [-0.05, 0) is 45.4 Å². The van der Waals surface area contributed by atoms with E-state index in [0.29, 0.717) is 25.8 Å². The van der Waals surface area contributed by atoms with Crippen LogP contribution in [0.15, 0.2) is 17.5 Å². The number of aromatic nitrogens is 3. The van der Waals surface area contributed by atoms with E-state index in [2.05, 4.69) is 20.6 Å². The number of pyridine rings is 1. The molecule has 11 heteroatoms. The molecule has 2 aromatic rings. The highest BCUT2D eigenvalue weighted by atomic mass is 32.2. The van der Waals surface area contributed by atoms with Gasteiger partial charge in [-0.3, -0.25) is 4.79 Å². The van der Waals surface area contributed by atoms with Crippen molar-refractivity contribution >= 4 is 38.2 Å². The fourth-order valence-electron chi connectivity index (χ4n) is 5.35. The third kappa shape index (κ3) is 4.25. The van der Waals surface area contributed by atoms with Gasteiger partial charge in [-0.2, -0.15) is 5.10 Å². The number of nitrogens with one attached hydrogen (secondary N) is 1. The number of anilines is 1. The largest absolute Gasteiger partial charge is 0.469 e. The van der Waals surface area contributed by atoms with Crippen LogP contribution >= 0.6 is 0 Å². The number of methoxy groups -OCH3 is 1. The van der Waals surface area contributed by atoms with Gasteiger partial charge in [-0.15, -0.1) is 0 Å². The molecular formula is C23H31N5O5S. The van der Waals surface area contributed by atoms with E-state index in [-0.39, 0.29) is 29.4 Å². The number of ether oxygens (including phenoxy) is 1. The molecule has 5 rings (SSSR count). The number of fused-ring (bicyclic) bond motifs is 1. The van der Waals surface area contributed by atoms with Crippen molar-refractivity contribution in [2.75, 3.05) is 23.9 Å². The first kappa shape index (κ1) is 23.1. The van der Waals surface area contributed by atoms with Crippen LogP contribution in [0.1, 0.15) is 57.4 Å². The SMILES string of the molecule is CCn1ncc2c(NC3CCS(=O)(=O)CC3)c(C3=NOC4(CCC(C(=O)OC)CC4)C3)cnc21. The normalized spacial score (nSPS) is 22.5. The Morgan fingerprint density at radius 2 is 1.97 bits per heavy atom. The number of carbonyl (C=O) groups is 1. The number of hydrogen-bond acceptors (Lipinski definition) is 9. The van der Waals surface area contributed by atoms with Crippen molar-refractivity contribution in [2.45, 2.75) is 70.1 Å². The molecule has 1 saturated heterocycles. The molecule has 2 aromatic heterocycles. The fourth-order valence-corrected chi connectivity index (χ4v) is 6.84. The zero-order valence-corrected chi connectivity index (χ0v) is 20.4. The van der Waals surface area contributed by atoms with Crippen molar-refractivity contribution in [1.29, 1.82) is 0 Å². The molecule has 0 bridgehead atoms. The van der Waals surface area contributed by atoms with Gasteiger partial charge in [-0.25, -0.2) is 18.1 Å². The van der Waals surface area contributed by atoms with Crippen LogP contribution in [0.25, 0.3) is 11.0 Å². The molecule has 1 aliphatic carbocycles. The second kappa shape index (κ2) is 8.83. The van der Waals surface area contributed by atoms with Gasteiger partial charge in [0.1, 0.15) is 15.4 Å². The lowest BCUT2D eigenvalue weighted by Crippen LogP contribution is -2.37. The second-order valence-electron chi connectivity index (χ2n) is 9.60. The average Bonchev–Trinajstić information content (AvgIpc) is 3.45. The predicted molar refractivity (Wildman–Crippen MR) is 127 cm³/mol. The van der Waals surface area contributed by atoms with Gasteiger partial charge in [0, 0.05) is 30.8 Å². The van der Waals surface area contributed by atoms with Gasteiger partial charge >= 0.3 is 5.97 Å². The van der Waals surface area contributed by atoms with E-state index in [1.54, 1.807) is 0 Å². The number of esters is 1. The number of nitrogens with zero attached hydrogens (tertiary/aromatic N) is 4. The summed E-state index contributed by atoms with van der Waals surface area (Å²) in [6.45, 7) is 2.72. The van der Waals surface area contributed by atoms with E-state index in [1.165, 1.54) is 7.11 Å². The Labute approximate surface area is 199 Å². The second-order valence-corrected chi connectivity index (χ2v) is 11.9. The van der Waals surface area contributed by atoms with Crippen molar-refractivity contribution < 1.29 is 22.8 Å². The van der Waals surface area contributed by atoms with Crippen LogP contribution in [-0.4, -0.2) is 65.1 Å². The van der Waals surface area contributed by atoms with Gasteiger partial charge in [-0.1, -0.05) is 5.16 Å². The maximum Gasteiger partial charge on any atom is 0.308 e. The van der Waals surface area contributed by atoms with Gasteiger partial charge < -0.3 is 14.9 Å². The van der Waals surface area contributed by atoms with Crippen molar-refractivity contribution in [2.24, 2.45) is 11.1 Å². The summed E-state index contributed by atoms with van der Waals surface area (Å²) in [5.41, 5.74) is 2.95. The lowest BCUT2D eigenvalue weighted by molar-refractivity contribution is -0.149. The maximum atomic E-state index is 11.9. The highest BCUT2D eigenvalue weighted by Gasteiger charge is 2.45. The van der Waals surface area contributed by atoms with E-state index >= 15 is 0 Å². The molecule has 10 nitrogen and oxygen atoms in total. The lowest BCUT2D eigenvalue weighted by Gasteiger charge is -2.33. The molecule has 0 aromatic carbocycles. The summed E-state index contributed by atoms with van der Waals surface area (Å²) < 4.78 is 30.6. The summed E-state index contributed by atoms with van der Waals surface area (Å²) in [6, 6.07) is 0.0465. The summed E-state index contributed by atoms with van der Waals surface area (Å²) in [4.78, 5) is 22.6. The first-order chi connectivity index (χ1) is 16.3. The fraction of sp³-hybridized carbons (Fsp3) is 0.652. The highest BCUT2D eigenvalue weighted by molar-refractivity contribution is 7.91. The van der Waals surface area contributed by atoms with Gasteiger partial charge in [0.2, 0.25) is 0 Å². The van der Waals surface area contributed by atoms with Crippen molar-refractivity contribution in [3.8, 4) is 0 Å². The molecule has 0 amide bonds. The summed E-state index contributed by atoms with van der Waals surface area (Å²) in [5, 5.41) is 13.5. The molecule has 0 atom stereocenters. The summed E-state index contributed by atoms with van der Waals surface area (Å²) >= 11 is 0. The monoisotopic (exact) mass is 489 g/mol. The van der Waals surface area contributed by atoms with Crippen LogP contribution in [0.3, 0.4) is 0 Å². The topological polar surface area (TPSA) is 125 Å². The van der Waals surface area contributed by atoms with Crippen LogP contribution in [0.2, 0.25) is 0 Å². The summed E-state index contributed by atoms with van der Waals surface area (Å²) in [6.07, 6.45) is 8.33. The molecule has 1 saturated carbocycles. The van der Waals surface area contributed by atoms with Crippen molar-refractivity contribution in [1.82, 2.24) is 14.8 Å². The van der Waals surface area contributed by atoms with Gasteiger partial charge in [0.15, 0.2) is 5.65 Å². The molecule has 2 aliphatic heterocycles. The van der Waals surface area contributed by atoms with Gasteiger partial charge in [0.05, 0.1) is 47.5 Å². The van der Waals surface area contributed by atoms with Crippen LogP contribution in [0.4, 0.5) is 5.69 Å². The molecule has 1 N–H and O–H groups in total. The average molecular weight is 490 g/mol. The molecule has 0 radical (unpaired) electrons. The molecular weight excluding hydrogens is 458 g/mol. The third-order valence-electron chi connectivity index (χ3n) is 7.45. The highest BCUT2D eigenvalue weighted by Crippen LogP contribution is 2.43. The van der Waals surface area contributed by atoms with E-state index in [1.807, 2.05) is 24.0 Å². The predicted octanol–water partition coefficient (Wildman–Crippen LogP) is 2.67. The smallest absolute Gasteiger partial charge is 0.308 e. The third-order valence-corrected chi connectivity index (χ3v) is 9.17. The quantitative estimate of drug-likeness (QED) is 0.636. The lowest BCUT2D eigenvalue weighted by atomic mass is 9.76. The summed E-state index contributed by atoms with van der Waals surface area (Å²) in [5.74, 6) is 0.145. The number of hydrogen-bond donors (Lipinski definition) is 1. The maximum absolute atomic E-state index is 11.9. The molecule has 2 fully saturated rings. The Morgan fingerprint density at radius 1 is 1.24 bits per heavy atom. The van der Waals surface area contributed by atoms with Crippen molar-refractivity contribution in [3.05, 3.63) is 18.0 Å². The first-order valence-corrected chi connectivity index (χ1v) is 13.8.